The Hall–Kier alpha value is -2.36. The highest BCUT2D eigenvalue weighted by Gasteiger charge is 2.02. The molecule has 0 saturated heterocycles. The first kappa shape index (κ1) is 16.6. The molecule has 102 valence electrons. The number of benzene rings is 1. The standard InChI is InChI=1S/C11H12O2.C4H7NO/c1-9(2)11(12)13-8-10-6-4-3-5-7-10;1-3(2)4(5)6/h3-7H,1,8H2,2H3;1H2,2H3,(H2,5,6). The van der Waals surface area contributed by atoms with Crippen LogP contribution in [0, 0.1) is 0 Å². The van der Waals surface area contributed by atoms with Crippen LogP contribution in [-0.4, -0.2) is 11.9 Å². The van der Waals surface area contributed by atoms with Gasteiger partial charge in [0.25, 0.3) is 0 Å². The summed E-state index contributed by atoms with van der Waals surface area (Å²) in [6.07, 6.45) is 0. The van der Waals surface area contributed by atoms with Crippen LogP contribution < -0.4 is 5.73 Å². The minimum atomic E-state index is -0.435. The third-order valence-electron chi connectivity index (χ3n) is 1.98. The van der Waals surface area contributed by atoms with E-state index in [1.807, 2.05) is 30.3 Å². The van der Waals surface area contributed by atoms with Gasteiger partial charge >= 0.3 is 5.97 Å². The highest BCUT2D eigenvalue weighted by molar-refractivity contribution is 5.90. The quantitative estimate of drug-likeness (QED) is 0.668. The van der Waals surface area contributed by atoms with Crippen molar-refractivity contribution in [2.24, 2.45) is 5.73 Å². The Bertz CT molecular complexity index is 452. The topological polar surface area (TPSA) is 69.4 Å². The molecule has 0 aromatic heterocycles. The van der Waals surface area contributed by atoms with Gasteiger partial charge in [0.2, 0.25) is 5.91 Å². The first-order valence-corrected chi connectivity index (χ1v) is 5.66. The summed E-state index contributed by atoms with van der Waals surface area (Å²) in [6.45, 7) is 10.3. The maximum absolute atomic E-state index is 11.0. The molecule has 0 aliphatic carbocycles. The summed E-state index contributed by atoms with van der Waals surface area (Å²) in [7, 11) is 0. The van der Waals surface area contributed by atoms with E-state index in [0.717, 1.165) is 5.56 Å². The van der Waals surface area contributed by atoms with Crippen molar-refractivity contribution in [1.29, 1.82) is 0 Å². The van der Waals surface area contributed by atoms with E-state index in [9.17, 15) is 9.59 Å². The molecule has 0 unspecified atom stereocenters. The fraction of sp³-hybridized carbons (Fsp3) is 0.200. The predicted octanol–water partition coefficient (Wildman–Crippen LogP) is 2.35. The molecule has 0 atom stereocenters. The smallest absolute Gasteiger partial charge is 0.333 e. The molecule has 1 amide bonds. The lowest BCUT2D eigenvalue weighted by molar-refractivity contribution is -0.140. The van der Waals surface area contributed by atoms with Crippen molar-refractivity contribution in [2.45, 2.75) is 20.5 Å². The number of ether oxygens (including phenoxy) is 1. The molecule has 1 aromatic carbocycles. The Kier molecular flexibility index (Phi) is 7.61. The van der Waals surface area contributed by atoms with E-state index in [2.05, 4.69) is 13.2 Å². The number of nitrogens with two attached hydrogens (primary N) is 1. The normalized spacial score (nSPS) is 8.74. The monoisotopic (exact) mass is 261 g/mol. The first-order chi connectivity index (χ1) is 8.84. The van der Waals surface area contributed by atoms with Crippen LogP contribution in [0.2, 0.25) is 0 Å². The number of primary amides is 1. The maximum Gasteiger partial charge on any atom is 0.333 e. The molecular weight excluding hydrogens is 242 g/mol. The number of rotatable bonds is 4. The van der Waals surface area contributed by atoms with Gasteiger partial charge < -0.3 is 10.5 Å². The Morgan fingerprint density at radius 2 is 1.58 bits per heavy atom. The van der Waals surface area contributed by atoms with Gasteiger partial charge in [-0.2, -0.15) is 0 Å². The van der Waals surface area contributed by atoms with Gasteiger partial charge in [-0.1, -0.05) is 43.5 Å². The van der Waals surface area contributed by atoms with Crippen LogP contribution in [0.3, 0.4) is 0 Å². The van der Waals surface area contributed by atoms with Crippen molar-refractivity contribution < 1.29 is 14.3 Å². The van der Waals surface area contributed by atoms with Crippen LogP contribution in [0.25, 0.3) is 0 Å². The van der Waals surface area contributed by atoms with E-state index in [0.29, 0.717) is 17.8 Å². The van der Waals surface area contributed by atoms with E-state index < -0.39 is 5.91 Å². The van der Waals surface area contributed by atoms with E-state index in [1.54, 1.807) is 13.8 Å². The predicted molar refractivity (Wildman–Crippen MR) is 75.1 cm³/mol. The zero-order chi connectivity index (χ0) is 14.8. The van der Waals surface area contributed by atoms with Crippen molar-refractivity contribution in [3.63, 3.8) is 0 Å². The van der Waals surface area contributed by atoms with E-state index in [4.69, 9.17) is 10.5 Å². The Morgan fingerprint density at radius 3 is 1.95 bits per heavy atom. The fourth-order valence-electron chi connectivity index (χ4n) is 0.846. The van der Waals surface area contributed by atoms with Crippen molar-refractivity contribution in [2.75, 3.05) is 0 Å². The number of amides is 1. The molecule has 1 rings (SSSR count). The third-order valence-corrected chi connectivity index (χ3v) is 1.98. The highest BCUT2D eigenvalue weighted by atomic mass is 16.5. The molecule has 4 heteroatoms. The lowest BCUT2D eigenvalue weighted by atomic mass is 10.2. The van der Waals surface area contributed by atoms with Gasteiger partial charge in [0.05, 0.1) is 0 Å². The molecule has 0 aliphatic rings. The SMILES string of the molecule is C=C(C)C(=O)OCc1ccccc1.C=C(C)C(N)=O. The molecule has 0 bridgehead atoms. The van der Waals surface area contributed by atoms with E-state index >= 15 is 0 Å². The van der Waals surface area contributed by atoms with Crippen molar-refractivity contribution >= 4 is 11.9 Å². The second-order valence-electron chi connectivity index (χ2n) is 3.99. The second-order valence-corrected chi connectivity index (χ2v) is 3.99. The van der Waals surface area contributed by atoms with Gasteiger partial charge in [-0.05, 0) is 19.4 Å². The number of carbonyl (C=O) groups is 2. The molecule has 1 aromatic rings. The Morgan fingerprint density at radius 1 is 1.11 bits per heavy atom. The molecule has 0 aliphatic heterocycles. The van der Waals surface area contributed by atoms with Crippen molar-refractivity contribution in [3.8, 4) is 0 Å². The summed E-state index contributed by atoms with van der Waals surface area (Å²) in [4.78, 5) is 20.8. The van der Waals surface area contributed by atoms with Crippen LogP contribution in [-0.2, 0) is 20.9 Å². The van der Waals surface area contributed by atoms with Crippen LogP contribution in [0.1, 0.15) is 19.4 Å². The van der Waals surface area contributed by atoms with E-state index in [1.165, 1.54) is 0 Å². The molecular formula is C15H19NO3. The van der Waals surface area contributed by atoms with Gasteiger partial charge in [0, 0.05) is 11.1 Å². The van der Waals surface area contributed by atoms with Gasteiger partial charge in [0.1, 0.15) is 6.61 Å². The summed E-state index contributed by atoms with van der Waals surface area (Å²) in [6, 6.07) is 9.55. The fourth-order valence-corrected chi connectivity index (χ4v) is 0.846. The van der Waals surface area contributed by atoms with Crippen LogP contribution in [0.15, 0.2) is 54.6 Å². The van der Waals surface area contributed by atoms with Gasteiger partial charge in [0.15, 0.2) is 0 Å². The maximum atomic E-state index is 11.0. The zero-order valence-corrected chi connectivity index (χ0v) is 11.3. The Labute approximate surface area is 113 Å². The average Bonchev–Trinajstić information content (AvgIpc) is 2.37. The highest BCUT2D eigenvalue weighted by Crippen LogP contribution is 2.02. The van der Waals surface area contributed by atoms with Crippen molar-refractivity contribution in [3.05, 3.63) is 60.2 Å². The summed E-state index contributed by atoms with van der Waals surface area (Å²) in [5.41, 5.74) is 6.51. The molecule has 0 saturated carbocycles. The molecule has 19 heavy (non-hydrogen) atoms. The summed E-state index contributed by atoms with van der Waals surface area (Å²) in [5, 5.41) is 0. The summed E-state index contributed by atoms with van der Waals surface area (Å²) in [5.74, 6) is -0.779. The van der Waals surface area contributed by atoms with Crippen LogP contribution in [0.5, 0.6) is 0 Å². The summed E-state index contributed by atoms with van der Waals surface area (Å²) < 4.78 is 4.95. The number of hydrogen-bond acceptors (Lipinski definition) is 3. The number of esters is 1. The second kappa shape index (κ2) is 8.69. The van der Waals surface area contributed by atoms with E-state index in [-0.39, 0.29) is 5.97 Å². The minimum Gasteiger partial charge on any atom is -0.457 e. The number of hydrogen-bond donors (Lipinski definition) is 1. The van der Waals surface area contributed by atoms with Gasteiger partial charge in [-0.3, -0.25) is 4.79 Å². The minimum absolute atomic E-state index is 0.312. The third kappa shape index (κ3) is 8.37. The average molecular weight is 261 g/mol. The molecule has 0 fully saturated rings. The lowest BCUT2D eigenvalue weighted by Gasteiger charge is -2.03. The van der Waals surface area contributed by atoms with Gasteiger partial charge in [-0.15, -0.1) is 0 Å². The van der Waals surface area contributed by atoms with Crippen LogP contribution in [0.4, 0.5) is 0 Å². The molecule has 2 N–H and O–H groups in total. The Balaban J connectivity index is 0.000000459. The molecule has 4 nitrogen and oxygen atoms in total. The molecule has 0 spiro atoms. The van der Waals surface area contributed by atoms with Crippen molar-refractivity contribution in [1.82, 2.24) is 0 Å². The van der Waals surface area contributed by atoms with Gasteiger partial charge in [-0.25, -0.2) is 4.79 Å². The van der Waals surface area contributed by atoms with Crippen LogP contribution >= 0.6 is 0 Å². The first-order valence-electron chi connectivity index (χ1n) is 5.66. The zero-order valence-electron chi connectivity index (χ0n) is 11.3. The molecule has 0 radical (unpaired) electrons. The summed E-state index contributed by atoms with van der Waals surface area (Å²) >= 11 is 0. The molecule has 0 heterocycles. The lowest BCUT2D eigenvalue weighted by Crippen LogP contribution is -2.10. The number of carbonyl (C=O) groups excluding carboxylic acids is 2. The largest absolute Gasteiger partial charge is 0.457 e.